The van der Waals surface area contributed by atoms with Crippen molar-refractivity contribution in [2.45, 2.75) is 12.6 Å². The Morgan fingerprint density at radius 1 is 1.15 bits per heavy atom. The number of rotatable bonds is 3. The van der Waals surface area contributed by atoms with Gasteiger partial charge in [-0.25, -0.2) is 9.97 Å². The fourth-order valence-electron chi connectivity index (χ4n) is 3.92. The van der Waals surface area contributed by atoms with Crippen LogP contribution in [-0.4, -0.2) is 38.3 Å². The normalized spacial score (nSPS) is 14.5. The van der Waals surface area contributed by atoms with Gasteiger partial charge in [-0.05, 0) is 35.8 Å². The van der Waals surface area contributed by atoms with Crippen LogP contribution in [0.5, 0.6) is 0 Å². The predicted octanol–water partition coefficient (Wildman–Crippen LogP) is 5.73. The molecule has 11 heteroatoms. The first-order valence-electron chi connectivity index (χ1n) is 10.1. The average Bonchev–Trinajstić information content (AvgIpc) is 3.46. The molecule has 1 amide bonds. The van der Waals surface area contributed by atoms with Gasteiger partial charge in [0.25, 0.3) is 5.91 Å². The van der Waals surface area contributed by atoms with Crippen LogP contribution < -0.4 is 0 Å². The lowest BCUT2D eigenvalue weighted by atomic mass is 10.0. The first kappa shape index (κ1) is 22.1. The minimum atomic E-state index is -4.72. The zero-order valence-electron chi connectivity index (χ0n) is 17.3. The van der Waals surface area contributed by atoms with Crippen molar-refractivity contribution in [3.8, 4) is 11.1 Å². The summed E-state index contributed by atoms with van der Waals surface area (Å²) in [4.78, 5) is 22.1. The van der Waals surface area contributed by atoms with Gasteiger partial charge >= 0.3 is 6.18 Å². The van der Waals surface area contributed by atoms with E-state index in [1.807, 2.05) is 0 Å². The largest absolute Gasteiger partial charge is 0.472 e. The van der Waals surface area contributed by atoms with Crippen molar-refractivity contribution in [3.63, 3.8) is 0 Å². The number of carbonyl (C=O) groups excluding carboxylic acids is 1. The molecular weight excluding hydrogens is 476 g/mol. The molecule has 0 aliphatic carbocycles. The van der Waals surface area contributed by atoms with E-state index in [4.69, 9.17) is 16.0 Å². The van der Waals surface area contributed by atoms with E-state index in [9.17, 15) is 22.4 Å². The van der Waals surface area contributed by atoms with Crippen molar-refractivity contribution in [3.05, 3.63) is 83.2 Å². The quantitative estimate of drug-likeness (QED) is 0.272. The Labute approximate surface area is 195 Å². The molecule has 0 saturated carbocycles. The summed E-state index contributed by atoms with van der Waals surface area (Å²) in [5.74, 6) is -1.20. The number of pyridine rings is 2. The van der Waals surface area contributed by atoms with E-state index in [1.54, 1.807) is 12.1 Å². The number of fused-ring (bicyclic) bond motifs is 1. The summed E-state index contributed by atoms with van der Waals surface area (Å²) in [6.07, 6.45) is 2.86. The Morgan fingerprint density at radius 3 is 2.62 bits per heavy atom. The van der Waals surface area contributed by atoms with Crippen molar-refractivity contribution in [1.82, 2.24) is 19.3 Å². The molecule has 5 rings (SSSR count). The molecule has 0 saturated heterocycles. The third-order valence-electron chi connectivity index (χ3n) is 5.62. The smallest absolute Gasteiger partial charge is 0.420 e. The molecule has 0 N–H and O–H groups in total. The van der Waals surface area contributed by atoms with E-state index in [1.165, 1.54) is 42.0 Å². The molecule has 0 bridgehead atoms. The average molecular weight is 491 g/mol. The van der Waals surface area contributed by atoms with Crippen molar-refractivity contribution in [1.29, 1.82) is 0 Å². The zero-order chi connectivity index (χ0) is 24.0. The SMILES string of the molecule is O=C(c1nc2c(C(F)(F)F)cc(-c3ccoc3)cn2c1Cl)N1CC=C(c2ccnc(F)c2)CC1. The van der Waals surface area contributed by atoms with Gasteiger partial charge in [-0.15, -0.1) is 0 Å². The van der Waals surface area contributed by atoms with E-state index in [2.05, 4.69) is 9.97 Å². The van der Waals surface area contributed by atoms with Crippen molar-refractivity contribution in [2.24, 2.45) is 0 Å². The molecule has 0 atom stereocenters. The van der Waals surface area contributed by atoms with Gasteiger partial charge in [-0.2, -0.15) is 17.6 Å². The highest BCUT2D eigenvalue weighted by molar-refractivity contribution is 6.33. The third kappa shape index (κ3) is 3.94. The number of amides is 1. The Morgan fingerprint density at radius 2 is 1.97 bits per heavy atom. The first-order chi connectivity index (χ1) is 16.2. The topological polar surface area (TPSA) is 63.6 Å². The number of nitrogens with zero attached hydrogens (tertiary/aromatic N) is 4. The highest BCUT2D eigenvalue weighted by atomic mass is 35.5. The molecule has 1 aliphatic rings. The summed E-state index contributed by atoms with van der Waals surface area (Å²) in [6, 6.07) is 5.44. The van der Waals surface area contributed by atoms with Crippen molar-refractivity contribution >= 4 is 28.7 Å². The lowest BCUT2D eigenvalue weighted by Gasteiger charge is -2.26. The van der Waals surface area contributed by atoms with Crippen LogP contribution >= 0.6 is 11.6 Å². The summed E-state index contributed by atoms with van der Waals surface area (Å²) in [5, 5.41) is -0.221. The number of aromatic nitrogens is 3. The van der Waals surface area contributed by atoms with Gasteiger partial charge in [-0.1, -0.05) is 17.7 Å². The zero-order valence-corrected chi connectivity index (χ0v) is 18.1. The van der Waals surface area contributed by atoms with Gasteiger partial charge in [0.2, 0.25) is 5.95 Å². The fraction of sp³-hybridized carbons (Fsp3) is 0.174. The van der Waals surface area contributed by atoms with Crippen LogP contribution in [0.15, 0.2) is 59.7 Å². The summed E-state index contributed by atoms with van der Waals surface area (Å²) in [7, 11) is 0. The number of hydrogen-bond acceptors (Lipinski definition) is 4. The molecule has 34 heavy (non-hydrogen) atoms. The van der Waals surface area contributed by atoms with Crippen molar-refractivity contribution in [2.75, 3.05) is 13.1 Å². The second-order valence-corrected chi connectivity index (χ2v) is 8.05. The summed E-state index contributed by atoms with van der Waals surface area (Å²) >= 11 is 6.37. The van der Waals surface area contributed by atoms with Crippen molar-refractivity contribution < 1.29 is 26.8 Å². The van der Waals surface area contributed by atoms with E-state index in [0.29, 0.717) is 17.5 Å². The maximum Gasteiger partial charge on any atom is 0.420 e. The highest BCUT2D eigenvalue weighted by Crippen LogP contribution is 2.37. The van der Waals surface area contributed by atoms with Gasteiger partial charge in [0.15, 0.2) is 11.3 Å². The van der Waals surface area contributed by atoms with Crippen LogP contribution in [-0.2, 0) is 6.18 Å². The van der Waals surface area contributed by atoms with E-state index < -0.39 is 29.2 Å². The molecule has 0 aromatic carbocycles. The molecule has 4 aromatic heterocycles. The maximum atomic E-state index is 13.8. The molecule has 0 radical (unpaired) electrons. The van der Waals surface area contributed by atoms with Crippen LogP contribution in [0.2, 0.25) is 5.15 Å². The molecule has 6 nitrogen and oxygen atoms in total. The summed E-state index contributed by atoms with van der Waals surface area (Å²) in [5.41, 5.74) is 0.375. The molecule has 0 fully saturated rings. The molecule has 4 aromatic rings. The first-order valence-corrected chi connectivity index (χ1v) is 10.5. The fourth-order valence-corrected chi connectivity index (χ4v) is 4.17. The molecule has 5 heterocycles. The highest BCUT2D eigenvalue weighted by Gasteiger charge is 2.36. The van der Waals surface area contributed by atoms with Gasteiger partial charge in [0.05, 0.1) is 18.1 Å². The minimum Gasteiger partial charge on any atom is -0.472 e. The Balaban J connectivity index is 1.51. The molecule has 0 spiro atoms. The number of furan rings is 1. The second-order valence-electron chi connectivity index (χ2n) is 7.69. The van der Waals surface area contributed by atoms with Crippen LogP contribution in [0, 0.1) is 5.95 Å². The number of alkyl halides is 3. The predicted molar refractivity (Wildman–Crippen MR) is 116 cm³/mol. The van der Waals surface area contributed by atoms with Crippen LogP contribution in [0.25, 0.3) is 22.3 Å². The third-order valence-corrected chi connectivity index (χ3v) is 5.98. The van der Waals surface area contributed by atoms with Crippen LogP contribution in [0.4, 0.5) is 17.6 Å². The van der Waals surface area contributed by atoms with Gasteiger partial charge in [0.1, 0.15) is 5.15 Å². The minimum absolute atomic E-state index is 0.175. The molecular formula is C23H15ClF4N4O2. The Bertz CT molecular complexity index is 1430. The summed E-state index contributed by atoms with van der Waals surface area (Å²) < 4.78 is 60.9. The summed E-state index contributed by atoms with van der Waals surface area (Å²) in [6.45, 7) is 0.444. The van der Waals surface area contributed by atoms with E-state index in [-0.39, 0.29) is 29.5 Å². The van der Waals surface area contributed by atoms with Gasteiger partial charge in [-0.3, -0.25) is 9.20 Å². The Hall–Kier alpha value is -3.66. The van der Waals surface area contributed by atoms with Gasteiger partial charge in [0, 0.05) is 42.7 Å². The standard InChI is InChI=1S/C23H15ClF4N4O2/c24-20-19(22(33)31-6-2-13(3-7-31)14-1-5-29-18(25)10-14)30-21-17(23(26,27)28)9-16(11-32(20)21)15-4-8-34-12-15/h1-2,4-5,8-12H,3,6-7H2. The van der Waals surface area contributed by atoms with Crippen LogP contribution in [0.3, 0.4) is 0 Å². The lowest BCUT2D eigenvalue weighted by Crippen LogP contribution is -2.35. The van der Waals surface area contributed by atoms with E-state index in [0.717, 1.165) is 16.0 Å². The molecule has 1 aliphatic heterocycles. The molecule has 0 unspecified atom stereocenters. The second kappa shape index (κ2) is 8.28. The lowest BCUT2D eigenvalue weighted by molar-refractivity contribution is -0.136. The molecule has 174 valence electrons. The number of hydrogen-bond donors (Lipinski definition) is 0. The van der Waals surface area contributed by atoms with Gasteiger partial charge < -0.3 is 9.32 Å². The van der Waals surface area contributed by atoms with Crippen LogP contribution in [0.1, 0.15) is 28.0 Å². The monoisotopic (exact) mass is 490 g/mol. The number of imidazole rings is 1. The Kier molecular flexibility index (Phi) is 5.40. The van der Waals surface area contributed by atoms with E-state index >= 15 is 0 Å². The maximum absolute atomic E-state index is 13.8. The number of carbonyl (C=O) groups is 1. The number of halogens is 5.